The van der Waals surface area contributed by atoms with Gasteiger partial charge in [-0.1, -0.05) is 53.8 Å². The Balaban J connectivity index is 1.63. The summed E-state index contributed by atoms with van der Waals surface area (Å²) in [7, 11) is 0. The van der Waals surface area contributed by atoms with E-state index in [1.807, 2.05) is 56.3 Å². The predicted molar refractivity (Wildman–Crippen MR) is 127 cm³/mol. The molecule has 4 aromatic rings. The van der Waals surface area contributed by atoms with Crippen molar-refractivity contribution in [2.45, 2.75) is 20.3 Å². The van der Waals surface area contributed by atoms with Crippen LogP contribution in [0.3, 0.4) is 0 Å². The molecule has 0 spiro atoms. The van der Waals surface area contributed by atoms with Crippen LogP contribution in [-0.4, -0.2) is 15.9 Å². The lowest BCUT2D eigenvalue weighted by atomic mass is 10.1. The number of carbonyl (C=O) groups is 1. The molecule has 0 unspecified atom stereocenters. The van der Waals surface area contributed by atoms with Gasteiger partial charge in [-0.2, -0.15) is 0 Å². The molecule has 0 aliphatic rings. The topological polar surface area (TPSA) is 54.9 Å². The molecule has 1 N–H and O–H groups in total. The number of halogens is 2. The molecule has 2 aromatic heterocycles. The van der Waals surface area contributed by atoms with Crippen LogP contribution in [0.5, 0.6) is 0 Å². The zero-order valence-corrected chi connectivity index (χ0v) is 19.0. The second kappa shape index (κ2) is 9.50. The highest BCUT2D eigenvalue weighted by Crippen LogP contribution is 2.37. The zero-order chi connectivity index (χ0) is 22.7. The molecule has 0 bridgehead atoms. The van der Waals surface area contributed by atoms with Crippen molar-refractivity contribution in [2.75, 3.05) is 5.32 Å². The lowest BCUT2D eigenvalue weighted by molar-refractivity contribution is -0.115. The van der Waals surface area contributed by atoms with Crippen LogP contribution in [0.4, 0.5) is 13.9 Å². The summed E-state index contributed by atoms with van der Waals surface area (Å²) in [5.74, 6) is -2.03. The van der Waals surface area contributed by atoms with Crippen LogP contribution >= 0.6 is 22.7 Å². The van der Waals surface area contributed by atoms with Crippen molar-refractivity contribution in [3.63, 3.8) is 0 Å². The van der Waals surface area contributed by atoms with E-state index >= 15 is 0 Å². The van der Waals surface area contributed by atoms with Crippen LogP contribution in [0.2, 0.25) is 0 Å². The van der Waals surface area contributed by atoms with Crippen molar-refractivity contribution in [3.05, 3.63) is 86.9 Å². The van der Waals surface area contributed by atoms with Gasteiger partial charge in [0.05, 0.1) is 26.9 Å². The first kappa shape index (κ1) is 22.0. The fourth-order valence-electron chi connectivity index (χ4n) is 3.17. The van der Waals surface area contributed by atoms with E-state index in [-0.39, 0.29) is 5.56 Å². The molecule has 0 saturated carbocycles. The molecular formula is C24H19F2N3OS2. The quantitative estimate of drug-likeness (QED) is 0.352. The van der Waals surface area contributed by atoms with Crippen LogP contribution in [0.25, 0.3) is 22.7 Å². The minimum absolute atomic E-state index is 0.264. The Morgan fingerprint density at radius 3 is 2.34 bits per heavy atom. The van der Waals surface area contributed by atoms with Gasteiger partial charge < -0.3 is 5.32 Å². The Morgan fingerprint density at radius 1 is 0.969 bits per heavy atom. The number of benzene rings is 2. The van der Waals surface area contributed by atoms with Crippen LogP contribution < -0.4 is 5.32 Å². The van der Waals surface area contributed by atoms with E-state index in [0.717, 1.165) is 43.8 Å². The molecule has 162 valence electrons. The van der Waals surface area contributed by atoms with Crippen molar-refractivity contribution >= 4 is 45.9 Å². The number of nitrogens with one attached hydrogen (secondary N) is 1. The summed E-state index contributed by atoms with van der Waals surface area (Å²) in [6.45, 7) is 3.85. The number of thiazole rings is 2. The number of hydrogen-bond acceptors (Lipinski definition) is 5. The maximum Gasteiger partial charge on any atom is 0.230 e. The van der Waals surface area contributed by atoms with Gasteiger partial charge in [0.15, 0.2) is 5.13 Å². The average molecular weight is 468 g/mol. The largest absolute Gasteiger partial charge is 0.302 e. The maximum absolute atomic E-state index is 13.9. The van der Waals surface area contributed by atoms with Gasteiger partial charge in [-0.05, 0) is 37.6 Å². The van der Waals surface area contributed by atoms with Crippen molar-refractivity contribution in [2.24, 2.45) is 0 Å². The van der Waals surface area contributed by atoms with E-state index in [1.54, 1.807) is 0 Å². The Morgan fingerprint density at radius 2 is 1.69 bits per heavy atom. The van der Waals surface area contributed by atoms with Crippen LogP contribution in [0, 0.1) is 25.5 Å². The summed E-state index contributed by atoms with van der Waals surface area (Å²) < 4.78 is 27.8. The van der Waals surface area contributed by atoms with E-state index in [4.69, 9.17) is 0 Å². The Kier molecular flexibility index (Phi) is 6.53. The molecule has 1 amide bonds. The van der Waals surface area contributed by atoms with Gasteiger partial charge in [0, 0.05) is 5.56 Å². The molecule has 4 nitrogen and oxygen atoms in total. The molecule has 0 aliphatic carbocycles. The highest BCUT2D eigenvalue weighted by molar-refractivity contribution is 7.18. The standard InChI is InChI=1S/C24H19F2N3OS2/c1-14-23(31-15(2)27-14)22-20(12-11-16-7-4-3-5-8-16)32-24(29-22)28-21(30)13-17-18(25)9-6-10-19(17)26/h3-12H,13H2,1-2H3,(H,28,29,30)/b12-11-. The molecular weight excluding hydrogens is 448 g/mol. The van der Waals surface area contributed by atoms with E-state index in [1.165, 1.54) is 28.7 Å². The first-order valence-corrected chi connectivity index (χ1v) is 11.4. The highest BCUT2D eigenvalue weighted by atomic mass is 32.1. The maximum atomic E-state index is 13.9. The zero-order valence-electron chi connectivity index (χ0n) is 17.4. The number of nitrogens with zero attached hydrogens (tertiary/aromatic N) is 2. The first-order chi connectivity index (χ1) is 15.4. The third-order valence-electron chi connectivity index (χ3n) is 4.64. The van der Waals surface area contributed by atoms with Crippen molar-refractivity contribution in [1.82, 2.24) is 9.97 Å². The van der Waals surface area contributed by atoms with E-state index in [0.29, 0.717) is 5.13 Å². The number of amides is 1. The Labute approximate surface area is 192 Å². The molecule has 0 fully saturated rings. The normalized spacial score (nSPS) is 11.2. The number of rotatable bonds is 6. The van der Waals surface area contributed by atoms with Gasteiger partial charge in [0.25, 0.3) is 0 Å². The number of anilines is 1. The molecule has 0 aliphatic heterocycles. The second-order valence-corrected chi connectivity index (χ2v) is 9.28. The number of aromatic nitrogens is 2. The Bertz CT molecular complexity index is 1280. The minimum atomic E-state index is -0.748. The van der Waals surface area contributed by atoms with Gasteiger partial charge in [-0.3, -0.25) is 4.79 Å². The summed E-state index contributed by atoms with van der Waals surface area (Å²) in [6.07, 6.45) is 3.50. The molecule has 4 rings (SSSR count). The molecule has 32 heavy (non-hydrogen) atoms. The molecule has 0 saturated heterocycles. The third kappa shape index (κ3) is 4.98. The minimum Gasteiger partial charge on any atom is -0.302 e. The first-order valence-electron chi connectivity index (χ1n) is 9.82. The van der Waals surface area contributed by atoms with Gasteiger partial charge in [-0.25, -0.2) is 18.7 Å². The van der Waals surface area contributed by atoms with Crippen LogP contribution in [0.15, 0.2) is 48.5 Å². The van der Waals surface area contributed by atoms with Crippen molar-refractivity contribution < 1.29 is 13.6 Å². The molecule has 0 radical (unpaired) electrons. The summed E-state index contributed by atoms with van der Waals surface area (Å²) in [5, 5.41) is 3.97. The molecule has 0 atom stereocenters. The fraction of sp³-hybridized carbons (Fsp3) is 0.125. The van der Waals surface area contributed by atoms with Gasteiger partial charge in [0.1, 0.15) is 17.3 Å². The fourth-order valence-corrected chi connectivity index (χ4v) is 5.05. The molecule has 2 aromatic carbocycles. The number of carbonyl (C=O) groups excluding carboxylic acids is 1. The lowest BCUT2D eigenvalue weighted by Crippen LogP contribution is -2.16. The monoisotopic (exact) mass is 467 g/mol. The molecule has 8 heteroatoms. The van der Waals surface area contributed by atoms with Gasteiger partial charge in [0.2, 0.25) is 5.91 Å². The van der Waals surface area contributed by atoms with E-state index < -0.39 is 24.0 Å². The SMILES string of the molecule is Cc1nc(C)c(-c2nc(NC(=O)Cc3c(F)cccc3F)sc2/C=C\c2ccccc2)s1. The summed E-state index contributed by atoms with van der Waals surface area (Å²) in [4.78, 5) is 23.4. The van der Waals surface area contributed by atoms with Crippen molar-refractivity contribution in [1.29, 1.82) is 0 Å². The summed E-state index contributed by atoms with van der Waals surface area (Å²) >= 11 is 2.83. The van der Waals surface area contributed by atoms with Crippen LogP contribution in [-0.2, 0) is 11.2 Å². The van der Waals surface area contributed by atoms with E-state index in [9.17, 15) is 13.6 Å². The van der Waals surface area contributed by atoms with Gasteiger partial charge in [-0.15, -0.1) is 11.3 Å². The van der Waals surface area contributed by atoms with Crippen molar-refractivity contribution in [3.8, 4) is 10.6 Å². The smallest absolute Gasteiger partial charge is 0.230 e. The average Bonchev–Trinajstić information content (AvgIpc) is 3.31. The number of hydrogen-bond donors (Lipinski definition) is 1. The van der Waals surface area contributed by atoms with E-state index in [2.05, 4.69) is 15.3 Å². The highest BCUT2D eigenvalue weighted by Gasteiger charge is 2.19. The Hall–Kier alpha value is -3.23. The second-order valence-electron chi connectivity index (χ2n) is 7.05. The predicted octanol–water partition coefficient (Wildman–Crippen LogP) is 6.51. The summed E-state index contributed by atoms with van der Waals surface area (Å²) in [5.41, 5.74) is 2.35. The lowest BCUT2D eigenvalue weighted by Gasteiger charge is -2.04. The number of aryl methyl sites for hydroxylation is 2. The molecule has 2 heterocycles. The van der Waals surface area contributed by atoms with Gasteiger partial charge >= 0.3 is 0 Å². The third-order valence-corrected chi connectivity index (χ3v) is 6.66. The van der Waals surface area contributed by atoms with Crippen LogP contribution in [0.1, 0.15) is 26.7 Å². The summed E-state index contributed by atoms with van der Waals surface area (Å²) in [6, 6.07) is 13.4.